The normalized spacial score (nSPS) is 10.3. The molecule has 0 amide bonds. The summed E-state index contributed by atoms with van der Waals surface area (Å²) in [6.45, 7) is 3.91. The van der Waals surface area contributed by atoms with E-state index in [0.29, 0.717) is 11.1 Å². The lowest BCUT2D eigenvalue weighted by Crippen LogP contribution is -2.05. The summed E-state index contributed by atoms with van der Waals surface area (Å²) in [7, 11) is 1.62. The Morgan fingerprint density at radius 3 is 2.32 bits per heavy atom. The number of ketones is 1. The lowest BCUT2D eigenvalue weighted by atomic mass is 9.98. The average molecular weight is 319 g/mol. The molecular weight excluding hydrogens is 304 g/mol. The first-order valence-corrected chi connectivity index (χ1v) is 6.77. The Hall–Kier alpha value is -1.61. The van der Waals surface area contributed by atoms with Crippen molar-refractivity contribution in [2.45, 2.75) is 13.8 Å². The Bertz CT molecular complexity index is 633. The van der Waals surface area contributed by atoms with Crippen molar-refractivity contribution in [3.8, 4) is 5.75 Å². The molecule has 0 bridgehead atoms. The van der Waals surface area contributed by atoms with Gasteiger partial charge in [-0.2, -0.15) is 0 Å². The number of carbonyl (C=O) groups excluding carboxylic acids is 1. The molecule has 0 aliphatic carbocycles. The van der Waals surface area contributed by atoms with E-state index in [-0.39, 0.29) is 5.78 Å². The Kier molecular flexibility index (Phi) is 4.05. The summed E-state index contributed by atoms with van der Waals surface area (Å²) in [4.78, 5) is 12.5. The number of benzene rings is 2. The number of ether oxygens (including phenoxy) is 1. The van der Waals surface area contributed by atoms with E-state index in [0.717, 1.165) is 21.3 Å². The highest BCUT2D eigenvalue weighted by Crippen LogP contribution is 2.24. The zero-order valence-corrected chi connectivity index (χ0v) is 12.7. The quantitative estimate of drug-likeness (QED) is 0.788. The number of hydrogen-bond donors (Lipinski definition) is 0. The molecule has 2 aromatic rings. The number of halogens is 1. The lowest BCUT2D eigenvalue weighted by molar-refractivity contribution is 0.103. The van der Waals surface area contributed by atoms with Gasteiger partial charge in [-0.1, -0.05) is 22.0 Å². The van der Waals surface area contributed by atoms with Crippen LogP contribution in [0, 0.1) is 13.8 Å². The number of carbonyl (C=O) groups is 1. The maximum atomic E-state index is 12.5. The van der Waals surface area contributed by atoms with Gasteiger partial charge in [-0.15, -0.1) is 0 Å². The van der Waals surface area contributed by atoms with Crippen molar-refractivity contribution in [2.75, 3.05) is 7.11 Å². The van der Waals surface area contributed by atoms with Crippen LogP contribution >= 0.6 is 15.9 Å². The number of aryl methyl sites for hydroxylation is 2. The minimum atomic E-state index is 0.0204. The van der Waals surface area contributed by atoms with E-state index in [9.17, 15) is 4.79 Å². The number of hydrogen-bond acceptors (Lipinski definition) is 2. The molecular formula is C16H15BrO2. The van der Waals surface area contributed by atoms with Crippen LogP contribution in [0.25, 0.3) is 0 Å². The van der Waals surface area contributed by atoms with E-state index >= 15 is 0 Å². The van der Waals surface area contributed by atoms with Gasteiger partial charge in [0.15, 0.2) is 5.78 Å². The van der Waals surface area contributed by atoms with Crippen LogP contribution < -0.4 is 4.74 Å². The van der Waals surface area contributed by atoms with E-state index < -0.39 is 0 Å². The maximum Gasteiger partial charge on any atom is 0.194 e. The second kappa shape index (κ2) is 5.57. The fraction of sp³-hybridized carbons (Fsp3) is 0.188. The monoisotopic (exact) mass is 318 g/mol. The molecule has 19 heavy (non-hydrogen) atoms. The van der Waals surface area contributed by atoms with Crippen LogP contribution in [0.15, 0.2) is 40.9 Å². The van der Waals surface area contributed by atoms with Crippen molar-refractivity contribution in [3.05, 3.63) is 63.1 Å². The molecule has 0 saturated carbocycles. The number of rotatable bonds is 3. The standard InChI is InChI=1S/C16H15BrO2/c1-10-4-6-14(15(17)8-10)16(18)13-7-5-12(19-3)9-11(13)2/h4-9H,1-3H3. The van der Waals surface area contributed by atoms with Crippen molar-refractivity contribution in [1.82, 2.24) is 0 Å². The van der Waals surface area contributed by atoms with E-state index in [4.69, 9.17) is 4.74 Å². The van der Waals surface area contributed by atoms with Crippen molar-refractivity contribution < 1.29 is 9.53 Å². The third kappa shape index (κ3) is 2.87. The van der Waals surface area contributed by atoms with Gasteiger partial charge in [0, 0.05) is 15.6 Å². The van der Waals surface area contributed by atoms with Crippen LogP contribution in [0.1, 0.15) is 27.0 Å². The summed E-state index contributed by atoms with van der Waals surface area (Å²) in [5.41, 5.74) is 3.41. The molecule has 0 saturated heterocycles. The average Bonchev–Trinajstić information content (AvgIpc) is 2.37. The van der Waals surface area contributed by atoms with Crippen LogP contribution in [-0.4, -0.2) is 12.9 Å². The first-order chi connectivity index (χ1) is 9.02. The van der Waals surface area contributed by atoms with Crippen LogP contribution in [0.4, 0.5) is 0 Å². The molecule has 0 aliphatic rings. The van der Waals surface area contributed by atoms with Crippen LogP contribution in [0.3, 0.4) is 0 Å². The van der Waals surface area contributed by atoms with Gasteiger partial charge >= 0.3 is 0 Å². The Morgan fingerprint density at radius 1 is 1.05 bits per heavy atom. The van der Waals surface area contributed by atoms with Crippen LogP contribution in [0.5, 0.6) is 5.75 Å². The molecule has 0 unspecified atom stereocenters. The molecule has 2 aromatic carbocycles. The van der Waals surface area contributed by atoms with Gasteiger partial charge < -0.3 is 4.74 Å². The highest BCUT2D eigenvalue weighted by atomic mass is 79.9. The number of methoxy groups -OCH3 is 1. The fourth-order valence-corrected chi connectivity index (χ4v) is 2.64. The van der Waals surface area contributed by atoms with Gasteiger partial charge in [-0.3, -0.25) is 4.79 Å². The zero-order chi connectivity index (χ0) is 14.0. The SMILES string of the molecule is COc1ccc(C(=O)c2ccc(C)cc2Br)c(C)c1. The molecule has 0 aromatic heterocycles. The van der Waals surface area contributed by atoms with Crippen molar-refractivity contribution in [2.24, 2.45) is 0 Å². The van der Waals surface area contributed by atoms with Gasteiger partial charge in [0.05, 0.1) is 7.11 Å². The van der Waals surface area contributed by atoms with E-state index in [1.165, 1.54) is 0 Å². The Balaban J connectivity index is 2.44. The minimum Gasteiger partial charge on any atom is -0.497 e. The molecule has 2 nitrogen and oxygen atoms in total. The molecule has 2 rings (SSSR count). The molecule has 0 fully saturated rings. The minimum absolute atomic E-state index is 0.0204. The molecule has 0 N–H and O–H groups in total. The van der Waals surface area contributed by atoms with Crippen LogP contribution in [0.2, 0.25) is 0 Å². The largest absolute Gasteiger partial charge is 0.497 e. The second-order valence-corrected chi connectivity index (χ2v) is 5.35. The first-order valence-electron chi connectivity index (χ1n) is 5.98. The summed E-state index contributed by atoms with van der Waals surface area (Å²) in [6.07, 6.45) is 0. The van der Waals surface area contributed by atoms with Gasteiger partial charge in [0.25, 0.3) is 0 Å². The topological polar surface area (TPSA) is 26.3 Å². The molecule has 0 spiro atoms. The second-order valence-electron chi connectivity index (χ2n) is 4.49. The summed E-state index contributed by atoms with van der Waals surface area (Å²) in [6, 6.07) is 11.2. The predicted molar refractivity (Wildman–Crippen MR) is 80.0 cm³/mol. The molecule has 98 valence electrons. The molecule has 0 heterocycles. The van der Waals surface area contributed by atoms with Gasteiger partial charge in [-0.05, 0) is 55.3 Å². The van der Waals surface area contributed by atoms with Gasteiger partial charge in [-0.25, -0.2) is 0 Å². The van der Waals surface area contributed by atoms with Crippen LogP contribution in [-0.2, 0) is 0 Å². The Labute approximate surface area is 121 Å². The van der Waals surface area contributed by atoms with Crippen molar-refractivity contribution in [1.29, 1.82) is 0 Å². The molecule has 0 atom stereocenters. The third-order valence-corrected chi connectivity index (χ3v) is 3.70. The molecule has 0 aliphatic heterocycles. The Morgan fingerprint density at radius 2 is 1.74 bits per heavy atom. The van der Waals surface area contributed by atoms with E-state index in [1.807, 2.05) is 50.2 Å². The predicted octanol–water partition coefficient (Wildman–Crippen LogP) is 4.31. The van der Waals surface area contributed by atoms with Crippen molar-refractivity contribution >= 4 is 21.7 Å². The summed E-state index contributed by atoms with van der Waals surface area (Å²) in [5.74, 6) is 0.782. The lowest BCUT2D eigenvalue weighted by Gasteiger charge is -2.09. The van der Waals surface area contributed by atoms with Crippen molar-refractivity contribution in [3.63, 3.8) is 0 Å². The summed E-state index contributed by atoms with van der Waals surface area (Å²) in [5, 5.41) is 0. The molecule has 0 radical (unpaired) electrons. The van der Waals surface area contributed by atoms with Gasteiger partial charge in [0.2, 0.25) is 0 Å². The zero-order valence-electron chi connectivity index (χ0n) is 11.2. The first kappa shape index (κ1) is 13.8. The summed E-state index contributed by atoms with van der Waals surface area (Å²) < 4.78 is 5.98. The van der Waals surface area contributed by atoms with E-state index in [1.54, 1.807) is 7.11 Å². The van der Waals surface area contributed by atoms with Gasteiger partial charge in [0.1, 0.15) is 5.75 Å². The highest BCUT2D eigenvalue weighted by Gasteiger charge is 2.15. The third-order valence-electron chi connectivity index (χ3n) is 3.05. The van der Waals surface area contributed by atoms with E-state index in [2.05, 4.69) is 15.9 Å². The summed E-state index contributed by atoms with van der Waals surface area (Å²) >= 11 is 3.45. The fourth-order valence-electron chi connectivity index (χ4n) is 1.97. The maximum absolute atomic E-state index is 12.5. The molecule has 3 heteroatoms. The highest BCUT2D eigenvalue weighted by molar-refractivity contribution is 9.10. The smallest absolute Gasteiger partial charge is 0.194 e.